The Morgan fingerprint density at radius 1 is 1.33 bits per heavy atom. The van der Waals surface area contributed by atoms with Crippen LogP contribution < -0.4 is 10.1 Å². The Kier molecular flexibility index (Phi) is 3.27. The number of ether oxygens (including phenoxy) is 1. The summed E-state index contributed by atoms with van der Waals surface area (Å²) >= 11 is 0. The standard InChI is InChI=1S/C13H19NO/c1-10-3-5-13(6-4-10)15-11(2)12-7-8-14-9-12/h3-6,11-12,14H,7-9H2,1-2H3. The molecular formula is C13H19NO. The van der Waals surface area contributed by atoms with Crippen LogP contribution in [0.15, 0.2) is 24.3 Å². The molecular weight excluding hydrogens is 186 g/mol. The molecule has 2 heteroatoms. The van der Waals surface area contributed by atoms with E-state index in [0.717, 1.165) is 18.8 Å². The van der Waals surface area contributed by atoms with E-state index in [9.17, 15) is 0 Å². The van der Waals surface area contributed by atoms with Crippen molar-refractivity contribution < 1.29 is 4.74 Å². The minimum atomic E-state index is 0.308. The molecule has 1 aliphatic rings. The van der Waals surface area contributed by atoms with Gasteiger partial charge in [-0.25, -0.2) is 0 Å². The van der Waals surface area contributed by atoms with Crippen LogP contribution in [0.25, 0.3) is 0 Å². The van der Waals surface area contributed by atoms with Gasteiger partial charge in [-0.15, -0.1) is 0 Å². The van der Waals surface area contributed by atoms with E-state index in [1.54, 1.807) is 0 Å². The van der Waals surface area contributed by atoms with E-state index in [1.807, 2.05) is 12.1 Å². The summed E-state index contributed by atoms with van der Waals surface area (Å²) in [5.74, 6) is 1.64. The highest BCUT2D eigenvalue weighted by molar-refractivity contribution is 5.26. The summed E-state index contributed by atoms with van der Waals surface area (Å²) < 4.78 is 5.91. The fourth-order valence-corrected chi connectivity index (χ4v) is 2.01. The lowest BCUT2D eigenvalue weighted by molar-refractivity contribution is 0.161. The average Bonchev–Trinajstić information content (AvgIpc) is 2.74. The van der Waals surface area contributed by atoms with Crippen molar-refractivity contribution in [3.8, 4) is 5.75 Å². The molecule has 1 N–H and O–H groups in total. The van der Waals surface area contributed by atoms with Crippen molar-refractivity contribution in [2.75, 3.05) is 13.1 Å². The first-order valence-corrected chi connectivity index (χ1v) is 5.70. The zero-order valence-corrected chi connectivity index (χ0v) is 9.49. The first-order valence-electron chi connectivity index (χ1n) is 5.70. The van der Waals surface area contributed by atoms with Crippen molar-refractivity contribution in [2.24, 2.45) is 5.92 Å². The van der Waals surface area contributed by atoms with E-state index in [-0.39, 0.29) is 0 Å². The fraction of sp³-hybridized carbons (Fsp3) is 0.538. The molecule has 0 amide bonds. The maximum Gasteiger partial charge on any atom is 0.119 e. The van der Waals surface area contributed by atoms with Crippen molar-refractivity contribution in [2.45, 2.75) is 26.4 Å². The average molecular weight is 205 g/mol. The lowest BCUT2D eigenvalue weighted by Gasteiger charge is -2.20. The first-order chi connectivity index (χ1) is 7.25. The third-order valence-electron chi connectivity index (χ3n) is 3.11. The predicted octanol–water partition coefficient (Wildman–Crippen LogP) is 2.37. The van der Waals surface area contributed by atoms with Gasteiger partial charge in [0.25, 0.3) is 0 Å². The highest BCUT2D eigenvalue weighted by Gasteiger charge is 2.22. The Hall–Kier alpha value is -1.02. The number of rotatable bonds is 3. The highest BCUT2D eigenvalue weighted by Crippen LogP contribution is 2.20. The van der Waals surface area contributed by atoms with E-state index in [4.69, 9.17) is 4.74 Å². The van der Waals surface area contributed by atoms with Crippen LogP contribution in [0.2, 0.25) is 0 Å². The number of nitrogens with one attached hydrogen (secondary N) is 1. The molecule has 1 heterocycles. The molecule has 2 nitrogen and oxygen atoms in total. The third kappa shape index (κ3) is 2.72. The summed E-state index contributed by atoms with van der Waals surface area (Å²) in [6.45, 7) is 6.48. The summed E-state index contributed by atoms with van der Waals surface area (Å²) in [5.41, 5.74) is 1.28. The first kappa shape index (κ1) is 10.5. The van der Waals surface area contributed by atoms with Gasteiger partial charge in [0, 0.05) is 12.5 Å². The molecule has 2 rings (SSSR count). The van der Waals surface area contributed by atoms with Crippen molar-refractivity contribution in [3.63, 3.8) is 0 Å². The minimum absolute atomic E-state index is 0.308. The molecule has 1 fully saturated rings. The van der Waals surface area contributed by atoms with Crippen LogP contribution in [0.4, 0.5) is 0 Å². The van der Waals surface area contributed by atoms with Crippen molar-refractivity contribution in [3.05, 3.63) is 29.8 Å². The lowest BCUT2D eigenvalue weighted by atomic mass is 10.0. The van der Waals surface area contributed by atoms with Crippen LogP contribution in [-0.2, 0) is 0 Å². The van der Waals surface area contributed by atoms with E-state index in [2.05, 4.69) is 31.3 Å². The van der Waals surface area contributed by atoms with Crippen molar-refractivity contribution in [1.82, 2.24) is 5.32 Å². The SMILES string of the molecule is Cc1ccc(OC(C)C2CCNC2)cc1. The van der Waals surface area contributed by atoms with Gasteiger partial charge in [-0.2, -0.15) is 0 Å². The van der Waals surface area contributed by atoms with Crippen LogP contribution in [0.1, 0.15) is 18.9 Å². The molecule has 2 unspecified atom stereocenters. The second-order valence-electron chi connectivity index (χ2n) is 4.39. The Morgan fingerprint density at radius 2 is 2.07 bits per heavy atom. The zero-order chi connectivity index (χ0) is 10.7. The molecule has 0 spiro atoms. The number of hydrogen-bond donors (Lipinski definition) is 1. The number of hydrogen-bond acceptors (Lipinski definition) is 2. The monoisotopic (exact) mass is 205 g/mol. The molecule has 82 valence electrons. The van der Waals surface area contributed by atoms with Gasteiger partial charge >= 0.3 is 0 Å². The summed E-state index contributed by atoms with van der Waals surface area (Å²) in [6.07, 6.45) is 1.54. The van der Waals surface area contributed by atoms with Crippen LogP contribution in [0.5, 0.6) is 5.75 Å². The Balaban J connectivity index is 1.92. The van der Waals surface area contributed by atoms with Gasteiger partial charge in [0.15, 0.2) is 0 Å². The molecule has 0 aliphatic carbocycles. The quantitative estimate of drug-likeness (QED) is 0.818. The number of benzene rings is 1. The van der Waals surface area contributed by atoms with Gasteiger partial charge in [-0.05, 0) is 38.9 Å². The molecule has 15 heavy (non-hydrogen) atoms. The molecule has 0 radical (unpaired) electrons. The Morgan fingerprint density at radius 3 is 2.67 bits per heavy atom. The summed E-state index contributed by atoms with van der Waals surface area (Å²) in [6, 6.07) is 8.28. The van der Waals surface area contributed by atoms with E-state index in [1.165, 1.54) is 12.0 Å². The molecule has 2 atom stereocenters. The molecule has 0 bridgehead atoms. The van der Waals surface area contributed by atoms with Gasteiger partial charge in [-0.1, -0.05) is 17.7 Å². The van der Waals surface area contributed by atoms with Gasteiger partial charge < -0.3 is 10.1 Å². The molecule has 1 saturated heterocycles. The van der Waals surface area contributed by atoms with Gasteiger partial charge in [0.1, 0.15) is 5.75 Å². The smallest absolute Gasteiger partial charge is 0.119 e. The zero-order valence-electron chi connectivity index (χ0n) is 9.49. The minimum Gasteiger partial charge on any atom is -0.490 e. The van der Waals surface area contributed by atoms with Gasteiger partial charge in [0.2, 0.25) is 0 Å². The molecule has 1 aromatic rings. The molecule has 0 saturated carbocycles. The Bertz CT molecular complexity index is 301. The summed E-state index contributed by atoms with van der Waals surface area (Å²) in [5, 5.41) is 3.37. The van der Waals surface area contributed by atoms with Gasteiger partial charge in [-0.3, -0.25) is 0 Å². The summed E-state index contributed by atoms with van der Waals surface area (Å²) in [4.78, 5) is 0. The highest BCUT2D eigenvalue weighted by atomic mass is 16.5. The second-order valence-corrected chi connectivity index (χ2v) is 4.39. The third-order valence-corrected chi connectivity index (χ3v) is 3.11. The maximum atomic E-state index is 5.91. The van der Waals surface area contributed by atoms with Crippen LogP contribution in [-0.4, -0.2) is 19.2 Å². The molecule has 0 aromatic heterocycles. The van der Waals surface area contributed by atoms with Crippen molar-refractivity contribution in [1.29, 1.82) is 0 Å². The predicted molar refractivity (Wildman–Crippen MR) is 62.2 cm³/mol. The fourth-order valence-electron chi connectivity index (χ4n) is 2.01. The normalized spacial score (nSPS) is 22.7. The van der Waals surface area contributed by atoms with E-state index < -0.39 is 0 Å². The van der Waals surface area contributed by atoms with Crippen LogP contribution in [0.3, 0.4) is 0 Å². The maximum absolute atomic E-state index is 5.91. The van der Waals surface area contributed by atoms with E-state index in [0.29, 0.717) is 12.0 Å². The lowest BCUT2D eigenvalue weighted by Crippen LogP contribution is -2.25. The summed E-state index contributed by atoms with van der Waals surface area (Å²) in [7, 11) is 0. The largest absolute Gasteiger partial charge is 0.490 e. The molecule has 1 aliphatic heterocycles. The van der Waals surface area contributed by atoms with Crippen LogP contribution >= 0.6 is 0 Å². The van der Waals surface area contributed by atoms with Crippen LogP contribution in [0, 0.1) is 12.8 Å². The van der Waals surface area contributed by atoms with E-state index >= 15 is 0 Å². The van der Waals surface area contributed by atoms with Gasteiger partial charge in [0.05, 0.1) is 6.10 Å². The second kappa shape index (κ2) is 4.67. The Labute approximate surface area is 91.6 Å². The molecule has 1 aromatic carbocycles. The number of aryl methyl sites for hydroxylation is 1. The topological polar surface area (TPSA) is 21.3 Å². The van der Waals surface area contributed by atoms with Crippen molar-refractivity contribution >= 4 is 0 Å².